The molecule has 0 aromatic heterocycles. The number of carboxylic acids is 1. The second-order valence-corrected chi connectivity index (χ2v) is 9.73. The van der Waals surface area contributed by atoms with Crippen molar-refractivity contribution in [1.29, 1.82) is 0 Å². The van der Waals surface area contributed by atoms with Crippen LogP contribution < -0.4 is 4.74 Å². The molecule has 3 N–H and O–H groups in total. The maximum atomic E-state index is 12.3. The second kappa shape index (κ2) is 11.7. The minimum atomic E-state index is -1.08. The van der Waals surface area contributed by atoms with Crippen molar-refractivity contribution in [2.75, 3.05) is 12.4 Å². The number of unbranched alkanes of at least 4 members (excludes halogenated alkanes) is 3. The molecule has 6 nitrogen and oxygen atoms in total. The standard InChI is InChI=1S/C23H34O6S/c1-16-9-11-17(12-10-16)29-14-23(2,28)15-30-22-18(19(24)13-20(22)25)7-5-3-4-6-8-21(26)27/h9-12,18,20,22,25,28H,3-8,13-15H2,1-2H3,(H,26,27)/t18-,20?,22+,23?/m0/s1. The molecule has 1 aromatic rings. The third kappa shape index (κ3) is 8.28. The Hall–Kier alpha value is -1.57. The van der Waals surface area contributed by atoms with E-state index in [2.05, 4.69) is 0 Å². The molecule has 0 saturated heterocycles. The van der Waals surface area contributed by atoms with E-state index < -0.39 is 17.7 Å². The van der Waals surface area contributed by atoms with Crippen molar-refractivity contribution in [3.8, 4) is 5.75 Å². The highest BCUT2D eigenvalue weighted by molar-refractivity contribution is 8.00. The molecule has 1 aliphatic carbocycles. The van der Waals surface area contributed by atoms with Crippen molar-refractivity contribution in [3.05, 3.63) is 29.8 Å². The Morgan fingerprint density at radius 3 is 2.53 bits per heavy atom. The van der Waals surface area contributed by atoms with E-state index in [4.69, 9.17) is 9.84 Å². The molecule has 30 heavy (non-hydrogen) atoms. The molecule has 1 fully saturated rings. The number of carboxylic acid groups (broad SMARTS) is 1. The SMILES string of the molecule is Cc1ccc(OCC(C)(O)CS[C@H]2C(O)CC(=O)[C@@H]2CCCCCCC(=O)O)cc1. The zero-order chi connectivity index (χ0) is 22.1. The van der Waals surface area contributed by atoms with E-state index in [1.807, 2.05) is 31.2 Å². The molecule has 1 aromatic carbocycles. The van der Waals surface area contributed by atoms with Gasteiger partial charge in [-0.2, -0.15) is 11.8 Å². The van der Waals surface area contributed by atoms with Crippen LogP contribution in [0, 0.1) is 12.8 Å². The van der Waals surface area contributed by atoms with Crippen molar-refractivity contribution in [2.45, 2.75) is 75.7 Å². The minimum Gasteiger partial charge on any atom is -0.491 e. The highest BCUT2D eigenvalue weighted by atomic mass is 32.2. The zero-order valence-electron chi connectivity index (χ0n) is 17.9. The van der Waals surface area contributed by atoms with Crippen molar-refractivity contribution >= 4 is 23.5 Å². The van der Waals surface area contributed by atoms with E-state index >= 15 is 0 Å². The molecular formula is C23H34O6S. The molecule has 1 aliphatic rings. The summed E-state index contributed by atoms with van der Waals surface area (Å²) >= 11 is 1.44. The zero-order valence-corrected chi connectivity index (χ0v) is 18.7. The van der Waals surface area contributed by atoms with Gasteiger partial charge in [0.1, 0.15) is 23.7 Å². The number of Topliss-reactive ketones (excluding diaryl/α,β-unsaturated/α-hetero) is 1. The number of rotatable bonds is 13. The average Bonchev–Trinajstić information content (AvgIpc) is 2.95. The Labute approximate surface area is 183 Å². The van der Waals surface area contributed by atoms with Gasteiger partial charge in [0.2, 0.25) is 0 Å². The Kier molecular flexibility index (Phi) is 9.65. The van der Waals surface area contributed by atoms with Crippen LogP contribution in [0.15, 0.2) is 24.3 Å². The van der Waals surface area contributed by atoms with Crippen LogP contribution in [0.4, 0.5) is 0 Å². The maximum absolute atomic E-state index is 12.3. The number of thioether (sulfide) groups is 1. The van der Waals surface area contributed by atoms with E-state index in [9.17, 15) is 19.8 Å². The van der Waals surface area contributed by atoms with E-state index in [1.54, 1.807) is 6.92 Å². The van der Waals surface area contributed by atoms with Gasteiger partial charge < -0.3 is 20.1 Å². The number of benzene rings is 1. The average molecular weight is 439 g/mol. The van der Waals surface area contributed by atoms with Crippen LogP contribution in [-0.4, -0.2) is 56.4 Å². The van der Waals surface area contributed by atoms with Crippen molar-refractivity contribution in [3.63, 3.8) is 0 Å². The van der Waals surface area contributed by atoms with Gasteiger partial charge in [0.15, 0.2) is 0 Å². The van der Waals surface area contributed by atoms with E-state index in [0.717, 1.165) is 24.8 Å². The monoisotopic (exact) mass is 438 g/mol. The van der Waals surface area contributed by atoms with E-state index in [1.165, 1.54) is 11.8 Å². The summed E-state index contributed by atoms with van der Waals surface area (Å²) in [6.45, 7) is 3.83. The van der Waals surface area contributed by atoms with Crippen molar-refractivity contribution in [1.82, 2.24) is 0 Å². The topological polar surface area (TPSA) is 104 Å². The van der Waals surface area contributed by atoms with Gasteiger partial charge in [-0.1, -0.05) is 37.0 Å². The Morgan fingerprint density at radius 2 is 1.87 bits per heavy atom. The molecule has 0 amide bonds. The molecule has 0 radical (unpaired) electrons. The number of aliphatic carboxylic acids is 1. The summed E-state index contributed by atoms with van der Waals surface area (Å²) in [5.41, 5.74) is 0.0555. The summed E-state index contributed by atoms with van der Waals surface area (Å²) in [7, 11) is 0. The predicted molar refractivity (Wildman–Crippen MR) is 118 cm³/mol. The molecule has 0 bridgehead atoms. The lowest BCUT2D eigenvalue weighted by atomic mass is 9.98. The number of aliphatic hydroxyl groups excluding tert-OH is 1. The Balaban J connectivity index is 1.78. The van der Waals surface area contributed by atoms with Crippen molar-refractivity contribution in [2.24, 2.45) is 5.92 Å². The predicted octanol–water partition coefficient (Wildman–Crippen LogP) is 3.60. The summed E-state index contributed by atoms with van der Waals surface area (Å²) in [5, 5.41) is 29.5. The maximum Gasteiger partial charge on any atom is 0.303 e. The third-order valence-corrected chi connectivity index (χ3v) is 7.23. The van der Waals surface area contributed by atoms with Crippen LogP contribution in [0.25, 0.3) is 0 Å². The first-order valence-electron chi connectivity index (χ1n) is 10.6. The fraction of sp³-hybridized carbons (Fsp3) is 0.652. The van der Waals surface area contributed by atoms with Gasteiger partial charge in [-0.25, -0.2) is 0 Å². The van der Waals surface area contributed by atoms with Crippen LogP contribution >= 0.6 is 11.8 Å². The van der Waals surface area contributed by atoms with Gasteiger partial charge >= 0.3 is 5.97 Å². The molecule has 0 aliphatic heterocycles. The Morgan fingerprint density at radius 1 is 1.20 bits per heavy atom. The molecular weight excluding hydrogens is 404 g/mol. The van der Waals surface area contributed by atoms with Gasteiger partial charge in [0, 0.05) is 29.8 Å². The largest absolute Gasteiger partial charge is 0.491 e. The quantitative estimate of drug-likeness (QED) is 0.404. The number of aliphatic hydroxyl groups is 2. The smallest absolute Gasteiger partial charge is 0.303 e. The first-order chi connectivity index (χ1) is 14.2. The molecule has 4 atom stereocenters. The highest BCUT2D eigenvalue weighted by Gasteiger charge is 2.42. The highest BCUT2D eigenvalue weighted by Crippen LogP contribution is 2.37. The fourth-order valence-electron chi connectivity index (χ4n) is 3.66. The van der Waals surface area contributed by atoms with Crippen LogP contribution in [0.2, 0.25) is 0 Å². The number of hydrogen-bond donors (Lipinski definition) is 3. The van der Waals surface area contributed by atoms with E-state index in [-0.39, 0.29) is 36.4 Å². The second-order valence-electron chi connectivity index (χ2n) is 8.57. The molecule has 168 valence electrons. The lowest BCUT2D eigenvalue weighted by Gasteiger charge is -2.27. The lowest BCUT2D eigenvalue weighted by molar-refractivity contribution is -0.137. The van der Waals surface area contributed by atoms with Crippen LogP contribution in [-0.2, 0) is 9.59 Å². The number of ketones is 1. The van der Waals surface area contributed by atoms with Crippen LogP contribution in [0.3, 0.4) is 0 Å². The molecule has 0 spiro atoms. The van der Waals surface area contributed by atoms with Gasteiger partial charge in [0.25, 0.3) is 0 Å². The van der Waals surface area contributed by atoms with Crippen LogP contribution in [0.5, 0.6) is 5.75 Å². The summed E-state index contributed by atoms with van der Waals surface area (Å²) in [5.74, 6) is 0.157. The molecule has 2 unspecified atom stereocenters. The number of aryl methyl sites for hydroxylation is 1. The lowest BCUT2D eigenvalue weighted by Crippen LogP contribution is -2.37. The number of hydrogen-bond acceptors (Lipinski definition) is 6. The molecule has 2 rings (SSSR count). The van der Waals surface area contributed by atoms with Crippen LogP contribution in [0.1, 0.15) is 57.4 Å². The molecule has 1 saturated carbocycles. The van der Waals surface area contributed by atoms with Crippen molar-refractivity contribution < 1.29 is 29.6 Å². The first-order valence-corrected chi connectivity index (χ1v) is 11.7. The number of carbonyl (C=O) groups is 2. The summed E-state index contributed by atoms with van der Waals surface area (Å²) in [6.07, 6.45) is 3.57. The summed E-state index contributed by atoms with van der Waals surface area (Å²) < 4.78 is 5.70. The minimum absolute atomic E-state index is 0.0843. The van der Waals surface area contributed by atoms with Gasteiger partial charge in [-0.15, -0.1) is 0 Å². The summed E-state index contributed by atoms with van der Waals surface area (Å²) in [4.78, 5) is 22.9. The van der Waals surface area contributed by atoms with E-state index in [0.29, 0.717) is 24.3 Å². The number of ether oxygens (including phenoxy) is 1. The first kappa shape index (κ1) is 24.7. The summed E-state index contributed by atoms with van der Waals surface area (Å²) in [6, 6.07) is 7.63. The van der Waals surface area contributed by atoms with Gasteiger partial charge in [-0.05, 0) is 38.8 Å². The third-order valence-electron chi connectivity index (χ3n) is 5.41. The fourth-order valence-corrected chi connectivity index (χ4v) is 5.14. The Bertz CT molecular complexity index is 687. The number of carbonyl (C=O) groups excluding carboxylic acids is 1. The normalized spacial score (nSPS) is 23.3. The molecule has 0 heterocycles. The molecule has 7 heteroatoms. The van der Waals surface area contributed by atoms with Gasteiger partial charge in [-0.3, -0.25) is 9.59 Å². The van der Waals surface area contributed by atoms with Gasteiger partial charge in [0.05, 0.1) is 6.10 Å².